The molecule has 1 saturated carbocycles. The van der Waals surface area contributed by atoms with E-state index in [1.165, 1.54) is 6.07 Å². The molecular weight excluding hydrogens is 367 g/mol. The van der Waals surface area contributed by atoms with E-state index in [1.807, 2.05) is 11.0 Å². The first-order chi connectivity index (χ1) is 11.0. The molecule has 1 amide bonds. The number of nitrogens with zero attached hydrogens (tertiary/aromatic N) is 3. The van der Waals surface area contributed by atoms with Crippen molar-refractivity contribution in [1.82, 2.24) is 4.90 Å². The summed E-state index contributed by atoms with van der Waals surface area (Å²) >= 11 is 0. The first-order valence-electron chi connectivity index (χ1n) is 8.08. The Hall–Kier alpha value is -1.57. The van der Waals surface area contributed by atoms with Crippen LogP contribution in [0.4, 0.5) is 11.4 Å². The third-order valence-electron chi connectivity index (χ3n) is 4.82. The Kier molecular flexibility index (Phi) is 7.92. The molecule has 2 atom stereocenters. The molecule has 1 saturated heterocycles. The van der Waals surface area contributed by atoms with E-state index in [2.05, 4.69) is 4.90 Å². The summed E-state index contributed by atoms with van der Waals surface area (Å²) in [6.07, 6.45) is 2.62. The average Bonchev–Trinajstić information content (AvgIpc) is 3.01. The summed E-state index contributed by atoms with van der Waals surface area (Å²) in [4.78, 5) is 27.0. The van der Waals surface area contributed by atoms with Crippen LogP contribution in [0, 0.1) is 16.0 Å². The molecule has 2 fully saturated rings. The van der Waals surface area contributed by atoms with Crippen molar-refractivity contribution in [3.05, 3.63) is 34.4 Å². The lowest BCUT2D eigenvalue weighted by molar-refractivity contribution is -0.384. The second-order valence-corrected chi connectivity index (χ2v) is 6.36. The molecule has 0 aromatic heterocycles. The van der Waals surface area contributed by atoms with Gasteiger partial charge in [0.2, 0.25) is 5.91 Å². The van der Waals surface area contributed by atoms with E-state index in [0.29, 0.717) is 26.2 Å². The fourth-order valence-corrected chi connectivity index (χ4v) is 3.49. The molecule has 140 valence electrons. The van der Waals surface area contributed by atoms with E-state index in [9.17, 15) is 14.9 Å². The van der Waals surface area contributed by atoms with Crippen molar-refractivity contribution in [2.45, 2.75) is 25.3 Å². The molecular formula is C16H24Cl2N4O3. The van der Waals surface area contributed by atoms with Crippen LogP contribution in [0.15, 0.2) is 24.3 Å². The van der Waals surface area contributed by atoms with Crippen molar-refractivity contribution >= 4 is 42.1 Å². The van der Waals surface area contributed by atoms with E-state index in [-0.39, 0.29) is 53.3 Å². The van der Waals surface area contributed by atoms with Crippen LogP contribution < -0.4 is 10.6 Å². The van der Waals surface area contributed by atoms with Gasteiger partial charge in [-0.1, -0.05) is 6.07 Å². The number of piperazine rings is 1. The van der Waals surface area contributed by atoms with Gasteiger partial charge in [0.15, 0.2) is 0 Å². The number of nitro groups is 1. The highest BCUT2D eigenvalue weighted by Gasteiger charge is 2.32. The van der Waals surface area contributed by atoms with E-state index >= 15 is 0 Å². The lowest BCUT2D eigenvalue weighted by atomic mass is 10.1. The molecule has 7 nitrogen and oxygen atoms in total. The Labute approximate surface area is 159 Å². The third kappa shape index (κ3) is 4.96. The highest BCUT2D eigenvalue weighted by molar-refractivity contribution is 5.85. The van der Waals surface area contributed by atoms with Crippen molar-refractivity contribution < 1.29 is 9.72 Å². The van der Waals surface area contributed by atoms with Crippen LogP contribution in [0.1, 0.15) is 19.3 Å². The summed E-state index contributed by atoms with van der Waals surface area (Å²) < 4.78 is 0. The quantitative estimate of drug-likeness (QED) is 0.630. The normalized spacial score (nSPS) is 22.8. The number of benzene rings is 1. The molecule has 2 N–H and O–H groups in total. The number of hydrogen-bond acceptors (Lipinski definition) is 5. The maximum Gasteiger partial charge on any atom is 0.271 e. The van der Waals surface area contributed by atoms with Gasteiger partial charge in [-0.2, -0.15) is 0 Å². The smallest absolute Gasteiger partial charge is 0.271 e. The molecule has 1 aromatic rings. The molecule has 1 aliphatic carbocycles. The lowest BCUT2D eigenvalue weighted by Gasteiger charge is -2.37. The Morgan fingerprint density at radius 2 is 1.84 bits per heavy atom. The lowest BCUT2D eigenvalue weighted by Crippen LogP contribution is -2.50. The minimum Gasteiger partial charge on any atom is -0.368 e. The zero-order valence-electron chi connectivity index (χ0n) is 13.9. The molecule has 9 heteroatoms. The van der Waals surface area contributed by atoms with Crippen LogP contribution in [0.2, 0.25) is 0 Å². The number of rotatable bonds is 3. The summed E-state index contributed by atoms with van der Waals surface area (Å²) in [6.45, 7) is 2.72. The number of nitro benzene ring substituents is 1. The van der Waals surface area contributed by atoms with Gasteiger partial charge in [-0.05, 0) is 25.3 Å². The Morgan fingerprint density at radius 3 is 2.40 bits per heavy atom. The van der Waals surface area contributed by atoms with E-state index < -0.39 is 0 Å². The summed E-state index contributed by atoms with van der Waals surface area (Å²) in [7, 11) is 0. The number of halogens is 2. The van der Waals surface area contributed by atoms with Crippen LogP contribution in [-0.4, -0.2) is 48.0 Å². The van der Waals surface area contributed by atoms with Crippen LogP contribution >= 0.6 is 24.8 Å². The molecule has 2 aliphatic rings. The molecule has 3 rings (SSSR count). The van der Waals surface area contributed by atoms with Crippen molar-refractivity contribution in [3.63, 3.8) is 0 Å². The van der Waals surface area contributed by atoms with Gasteiger partial charge < -0.3 is 15.5 Å². The van der Waals surface area contributed by atoms with Gasteiger partial charge in [0.25, 0.3) is 5.69 Å². The van der Waals surface area contributed by atoms with Crippen LogP contribution in [-0.2, 0) is 4.79 Å². The Bertz CT molecular complexity index is 609. The minimum absolute atomic E-state index is 0. The van der Waals surface area contributed by atoms with Gasteiger partial charge in [0, 0.05) is 56.0 Å². The van der Waals surface area contributed by atoms with Crippen LogP contribution in [0.5, 0.6) is 0 Å². The summed E-state index contributed by atoms with van der Waals surface area (Å²) in [6, 6.07) is 6.82. The number of non-ortho nitro benzene ring substituents is 1. The number of hydrogen-bond donors (Lipinski definition) is 1. The summed E-state index contributed by atoms with van der Waals surface area (Å²) in [5, 5.41) is 10.9. The maximum absolute atomic E-state index is 12.5. The van der Waals surface area contributed by atoms with Gasteiger partial charge in [-0.3, -0.25) is 14.9 Å². The van der Waals surface area contributed by atoms with Gasteiger partial charge in [-0.25, -0.2) is 0 Å². The third-order valence-corrected chi connectivity index (χ3v) is 4.82. The maximum atomic E-state index is 12.5. The number of amides is 1. The predicted octanol–water partition coefficient (Wildman–Crippen LogP) is 2.21. The molecule has 0 spiro atoms. The first kappa shape index (κ1) is 21.5. The zero-order chi connectivity index (χ0) is 16.4. The number of nitrogens with two attached hydrogens (primary N) is 1. The summed E-state index contributed by atoms with van der Waals surface area (Å²) in [5.74, 6) is 0.297. The second-order valence-electron chi connectivity index (χ2n) is 6.36. The monoisotopic (exact) mass is 390 g/mol. The molecule has 2 unspecified atom stereocenters. The molecule has 0 radical (unpaired) electrons. The summed E-state index contributed by atoms with van der Waals surface area (Å²) in [5.41, 5.74) is 6.84. The predicted molar refractivity (Wildman–Crippen MR) is 102 cm³/mol. The SMILES string of the molecule is Cl.Cl.NC1CCC(C(=O)N2CCN(c3cccc([N+](=O)[O-])c3)CC2)C1. The van der Waals surface area contributed by atoms with E-state index in [0.717, 1.165) is 24.9 Å². The molecule has 0 bridgehead atoms. The van der Waals surface area contributed by atoms with Gasteiger partial charge in [0.05, 0.1) is 4.92 Å². The first-order valence-corrected chi connectivity index (χ1v) is 8.08. The zero-order valence-corrected chi connectivity index (χ0v) is 15.5. The highest BCUT2D eigenvalue weighted by atomic mass is 35.5. The van der Waals surface area contributed by atoms with Crippen molar-refractivity contribution in [1.29, 1.82) is 0 Å². The highest BCUT2D eigenvalue weighted by Crippen LogP contribution is 2.27. The Balaban J connectivity index is 0.00000156. The number of anilines is 1. The fraction of sp³-hybridized carbons (Fsp3) is 0.562. The molecule has 1 aliphatic heterocycles. The molecule has 1 aromatic carbocycles. The standard InChI is InChI=1S/C16H22N4O3.2ClH/c17-13-5-4-12(10-13)16(21)19-8-6-18(7-9-19)14-2-1-3-15(11-14)20(22)23;;/h1-3,11-13H,4-10,17H2;2*1H. The van der Waals surface area contributed by atoms with Gasteiger partial charge >= 0.3 is 0 Å². The average molecular weight is 391 g/mol. The fourth-order valence-electron chi connectivity index (χ4n) is 3.49. The van der Waals surface area contributed by atoms with E-state index in [1.54, 1.807) is 12.1 Å². The largest absolute Gasteiger partial charge is 0.368 e. The van der Waals surface area contributed by atoms with Crippen molar-refractivity contribution in [2.75, 3.05) is 31.1 Å². The minimum atomic E-state index is -0.382. The molecule has 1 heterocycles. The molecule has 25 heavy (non-hydrogen) atoms. The van der Waals surface area contributed by atoms with Crippen molar-refractivity contribution in [3.8, 4) is 0 Å². The van der Waals surface area contributed by atoms with Gasteiger partial charge in [0.1, 0.15) is 0 Å². The second kappa shape index (κ2) is 9.22. The van der Waals surface area contributed by atoms with Crippen LogP contribution in [0.25, 0.3) is 0 Å². The van der Waals surface area contributed by atoms with Gasteiger partial charge in [-0.15, -0.1) is 24.8 Å². The van der Waals surface area contributed by atoms with E-state index in [4.69, 9.17) is 5.73 Å². The number of carbonyl (C=O) groups excluding carboxylic acids is 1. The number of carbonyl (C=O) groups is 1. The Morgan fingerprint density at radius 1 is 1.16 bits per heavy atom. The van der Waals surface area contributed by atoms with Crippen LogP contribution in [0.3, 0.4) is 0 Å². The topological polar surface area (TPSA) is 92.7 Å². The van der Waals surface area contributed by atoms with Crippen molar-refractivity contribution in [2.24, 2.45) is 11.7 Å².